The maximum absolute atomic E-state index is 15.0. The zero-order valence-corrected chi connectivity index (χ0v) is 47.4. The van der Waals surface area contributed by atoms with Crippen LogP contribution >= 0.6 is 21.6 Å². The number of unbranched alkanes of at least 4 members (excludes halogenated alkanes) is 1. The minimum atomic E-state index is -1.76. The minimum absolute atomic E-state index is 0.0113. The van der Waals surface area contributed by atoms with Crippen molar-refractivity contribution in [1.82, 2.24) is 52.8 Å². The van der Waals surface area contributed by atoms with E-state index in [1.165, 1.54) is 13.8 Å². The van der Waals surface area contributed by atoms with Gasteiger partial charge in [-0.15, -0.1) is 0 Å². The van der Waals surface area contributed by atoms with Crippen molar-refractivity contribution in [2.24, 2.45) is 0 Å². The third-order valence-electron chi connectivity index (χ3n) is 12.9. The van der Waals surface area contributed by atoms with Crippen molar-refractivity contribution in [3.05, 3.63) is 108 Å². The van der Waals surface area contributed by atoms with Crippen molar-refractivity contribution >= 4 is 80.1 Å². The van der Waals surface area contributed by atoms with E-state index in [0.717, 1.165) is 27.1 Å². The van der Waals surface area contributed by atoms with Crippen LogP contribution in [0.3, 0.4) is 0 Å². The van der Waals surface area contributed by atoms with Gasteiger partial charge in [0.2, 0.25) is 35.4 Å². The number of hydrogen-bond donors (Lipinski definition) is 15. The highest BCUT2D eigenvalue weighted by molar-refractivity contribution is 8.76. The first-order valence-electron chi connectivity index (χ1n) is 26.6. The monoisotopic (exact) mass is 1160 g/mol. The maximum Gasteiger partial charge on any atom is 0.408 e. The van der Waals surface area contributed by atoms with Crippen molar-refractivity contribution in [2.75, 3.05) is 24.7 Å². The molecule has 3 aromatic carbocycles. The lowest BCUT2D eigenvalue weighted by molar-refractivity contribution is -0.136. The number of fused-ring (bicyclic) bond motifs is 1. The number of hydrogen-bond acceptors (Lipinski definition) is 16. The van der Waals surface area contributed by atoms with E-state index < -0.39 is 127 Å². The summed E-state index contributed by atoms with van der Waals surface area (Å²) in [6.45, 7) is 6.84. The number of aliphatic hydroxyl groups is 4. The van der Waals surface area contributed by atoms with Crippen LogP contribution in [0.4, 0.5) is 9.59 Å². The number of H-pyrrole nitrogens is 1. The Bertz CT molecular complexity index is 2720. The number of aromatic nitrogens is 1. The number of carbonyl (C=O) groups excluding carboxylic acids is 7. The predicted molar refractivity (Wildman–Crippen MR) is 305 cm³/mol. The van der Waals surface area contributed by atoms with Crippen LogP contribution < -0.4 is 47.9 Å². The Kier molecular flexibility index (Phi) is 25.5. The molecule has 1 aromatic heterocycles. The second-order valence-electron chi connectivity index (χ2n) is 20.7. The molecule has 0 aliphatic carbocycles. The van der Waals surface area contributed by atoms with E-state index in [2.05, 4.69) is 52.8 Å². The highest BCUT2D eigenvalue weighted by Gasteiger charge is 2.37. The van der Waals surface area contributed by atoms with Gasteiger partial charge in [0, 0.05) is 48.0 Å². The fourth-order valence-electron chi connectivity index (χ4n) is 8.57. The lowest BCUT2D eigenvalue weighted by Gasteiger charge is -2.31. The highest BCUT2D eigenvalue weighted by Crippen LogP contribution is 2.25. The molecule has 15 N–H and O–H groups in total. The van der Waals surface area contributed by atoms with Gasteiger partial charge in [-0.2, -0.15) is 0 Å². The Morgan fingerprint density at radius 1 is 0.691 bits per heavy atom. The SMILES string of the molecule is C[C@@H](O)C1NC(=O)[C@H](CCCCNC(=O)O)NC(=O)[C@@H](Cc2c[nH]c3ccccc23)NC(=O)[C@H](Cc2ccccc2)NC(=O)[C@@H](NC(O)[C@@H](Cc2ccccc2)NC(=O)OC(C)(C)C)CSSC[C@@H](C(=O)N[C@H](CO)[C@@H](C)O)NC1=O. The molecule has 81 heavy (non-hydrogen) atoms. The lowest BCUT2D eigenvalue weighted by Crippen LogP contribution is -2.62. The van der Waals surface area contributed by atoms with E-state index in [0.29, 0.717) is 22.1 Å². The van der Waals surface area contributed by atoms with Gasteiger partial charge < -0.3 is 77.8 Å². The summed E-state index contributed by atoms with van der Waals surface area (Å²) in [6.07, 6.45) is -4.99. The molecule has 24 nitrogen and oxygen atoms in total. The molecule has 0 spiro atoms. The van der Waals surface area contributed by atoms with Crippen LogP contribution in [0.1, 0.15) is 70.6 Å². The van der Waals surface area contributed by atoms with Gasteiger partial charge in [0.1, 0.15) is 42.0 Å². The van der Waals surface area contributed by atoms with Gasteiger partial charge in [-0.3, -0.25) is 34.1 Å². The summed E-state index contributed by atoms with van der Waals surface area (Å²) in [7, 11) is 1.99. The topological polar surface area (TPSA) is 371 Å². The Morgan fingerprint density at radius 3 is 1.91 bits per heavy atom. The molecule has 0 saturated carbocycles. The number of carboxylic acid groups (broad SMARTS) is 1. The smallest absolute Gasteiger partial charge is 0.408 e. The molecule has 1 aliphatic rings. The minimum Gasteiger partial charge on any atom is -0.465 e. The third kappa shape index (κ3) is 21.5. The summed E-state index contributed by atoms with van der Waals surface area (Å²) in [5.41, 5.74) is 1.70. The van der Waals surface area contributed by atoms with Gasteiger partial charge in [-0.05, 0) is 83.1 Å². The van der Waals surface area contributed by atoms with Gasteiger partial charge in [-0.25, -0.2) is 9.59 Å². The quantitative estimate of drug-likeness (QED) is 0.0331. The molecule has 5 rings (SSSR count). The van der Waals surface area contributed by atoms with E-state index in [-0.39, 0.29) is 56.6 Å². The highest BCUT2D eigenvalue weighted by atomic mass is 33.1. The van der Waals surface area contributed by atoms with E-state index in [1.807, 2.05) is 18.2 Å². The summed E-state index contributed by atoms with van der Waals surface area (Å²) < 4.78 is 5.53. The molecular weight excluding hydrogens is 1090 g/mol. The van der Waals surface area contributed by atoms with Crippen molar-refractivity contribution in [3.8, 4) is 0 Å². The predicted octanol–water partition coefficient (Wildman–Crippen LogP) is 0.861. The van der Waals surface area contributed by atoms with Gasteiger partial charge in [-0.1, -0.05) is 100 Å². The first-order chi connectivity index (χ1) is 38.5. The van der Waals surface area contributed by atoms with Crippen molar-refractivity contribution in [3.63, 3.8) is 0 Å². The fraction of sp³-hybridized carbons (Fsp3) is 0.491. The average molecular weight is 1170 g/mol. The molecule has 2 unspecified atom stereocenters. The van der Waals surface area contributed by atoms with Crippen LogP contribution in [0.5, 0.6) is 0 Å². The molecule has 442 valence electrons. The van der Waals surface area contributed by atoms with E-state index in [4.69, 9.17) is 9.84 Å². The molecule has 2 heterocycles. The Morgan fingerprint density at radius 2 is 1.28 bits per heavy atom. The van der Waals surface area contributed by atoms with Crippen LogP contribution in [0.15, 0.2) is 91.1 Å². The van der Waals surface area contributed by atoms with Crippen LogP contribution in [0, 0.1) is 0 Å². The summed E-state index contributed by atoms with van der Waals surface area (Å²) >= 11 is 0. The largest absolute Gasteiger partial charge is 0.465 e. The van der Waals surface area contributed by atoms with Gasteiger partial charge >= 0.3 is 12.2 Å². The molecule has 4 aromatic rings. The van der Waals surface area contributed by atoms with Crippen LogP contribution in [0.25, 0.3) is 10.9 Å². The first kappa shape index (κ1) is 64.9. The summed E-state index contributed by atoms with van der Waals surface area (Å²) in [5, 5.41) is 77.0. The van der Waals surface area contributed by atoms with Gasteiger partial charge in [0.25, 0.3) is 0 Å². The number of rotatable bonds is 20. The Labute approximate surface area is 477 Å². The molecule has 1 saturated heterocycles. The van der Waals surface area contributed by atoms with E-state index in [1.54, 1.807) is 93.7 Å². The standard InChI is InChI=1S/C55H76N10O14S2/c1-31(67)42(28-66)61-51(74)44-30-81-80-29-43(62-48(71)40(25-34-18-10-7-11-19-34)64-54(78)79-55(3,4)5)50(73)59-39(24-33-16-8-6-9-17-33)47(70)60-41(26-35-27-57-37-21-13-12-20-36(35)37)49(72)58-38(22-14-15-23-56-53(76)77)46(69)65-45(32(2)68)52(75)63-44/h6-13,16-21,27,31-32,38-45,48,56-57,62,66-68,71H,14-15,22-26,28-30H2,1-5H3,(H,58,72)(H,59,73)(H,60,70)(H,61,74)(H,63,75)(H,64,78)(H,65,69)(H,76,77)/t31-,32-,38+,39+,40-,41-,42-,43+,44+,45?,48?/m1/s1. The van der Waals surface area contributed by atoms with Crippen LogP contribution in [-0.4, -0.2) is 175 Å². The maximum atomic E-state index is 15.0. The number of para-hydroxylation sites is 1. The normalized spacial score (nSPS) is 22.0. The van der Waals surface area contributed by atoms with Crippen LogP contribution in [0.2, 0.25) is 0 Å². The molecule has 11 atom stereocenters. The summed E-state index contributed by atoms with van der Waals surface area (Å²) in [4.78, 5) is 115. The number of nitrogens with one attached hydrogen (secondary N) is 10. The number of carbonyl (C=O) groups is 8. The first-order valence-corrected chi connectivity index (χ1v) is 29.1. The summed E-state index contributed by atoms with van der Waals surface area (Å²) in [6, 6.07) is 13.6. The molecular formula is C55H76N10O14S2. The third-order valence-corrected chi connectivity index (χ3v) is 15.3. The second kappa shape index (κ2) is 31.9. The number of alkyl carbamates (subject to hydrolysis) is 1. The number of aromatic amines is 1. The van der Waals surface area contributed by atoms with Crippen molar-refractivity contribution < 1.29 is 68.6 Å². The fourth-order valence-corrected chi connectivity index (χ4v) is 10.9. The van der Waals surface area contributed by atoms with Gasteiger partial charge in [0.05, 0.1) is 36.9 Å². The van der Waals surface area contributed by atoms with Crippen LogP contribution in [-0.2, 0) is 52.8 Å². The number of ether oxygens (including phenoxy) is 1. The zero-order chi connectivity index (χ0) is 59.2. The van der Waals surface area contributed by atoms with Crippen molar-refractivity contribution in [2.45, 2.75) is 146 Å². The average Bonchev–Trinajstić information content (AvgIpc) is 3.83. The second-order valence-corrected chi connectivity index (χ2v) is 23.2. The Hall–Kier alpha value is -6.94. The molecule has 0 radical (unpaired) electrons. The van der Waals surface area contributed by atoms with E-state index in [9.17, 15) is 58.8 Å². The lowest BCUT2D eigenvalue weighted by atomic mass is 10.0. The van der Waals surface area contributed by atoms with Gasteiger partial charge in [0.15, 0.2) is 0 Å². The summed E-state index contributed by atoms with van der Waals surface area (Å²) in [5.74, 6) is -5.89. The molecule has 1 fully saturated rings. The molecule has 26 heteroatoms. The molecule has 0 bridgehead atoms. The molecule has 1 aliphatic heterocycles. The number of aliphatic hydroxyl groups excluding tert-OH is 4. The Balaban J connectivity index is 1.61. The number of amides is 8. The molecule has 8 amide bonds. The van der Waals surface area contributed by atoms with Crippen molar-refractivity contribution in [1.29, 1.82) is 0 Å². The zero-order valence-electron chi connectivity index (χ0n) is 45.8. The van der Waals surface area contributed by atoms with E-state index >= 15 is 0 Å². The number of benzene rings is 3.